The number of hydrogen-bond acceptors (Lipinski definition) is 3. The molecule has 1 unspecified atom stereocenters. The fraction of sp³-hybridized carbons (Fsp3) is 0.615. The number of aryl methyl sites for hydroxylation is 1. The smallest absolute Gasteiger partial charge is 0.236 e. The molecule has 0 saturated carbocycles. The quantitative estimate of drug-likeness (QED) is 0.786. The van der Waals surface area contributed by atoms with Crippen LogP contribution in [0.5, 0.6) is 0 Å². The van der Waals surface area contributed by atoms with Gasteiger partial charge in [-0.05, 0) is 32.4 Å². The molecule has 17 heavy (non-hydrogen) atoms. The summed E-state index contributed by atoms with van der Waals surface area (Å²) in [5, 5.41) is 3.23. The standard InChI is InChI=1S/C13H22N2O2/c1-4-15(3)13(16)10-14-11(2)7-8-12-6-5-9-17-12/h5-6,9,11,14H,4,7-8,10H2,1-3H3. The Bertz CT molecular complexity index is 322. The maximum absolute atomic E-state index is 11.6. The molecule has 1 aromatic heterocycles. The van der Waals surface area contributed by atoms with E-state index >= 15 is 0 Å². The summed E-state index contributed by atoms with van der Waals surface area (Å²) in [5.41, 5.74) is 0. The van der Waals surface area contributed by atoms with Crippen molar-refractivity contribution in [3.63, 3.8) is 0 Å². The van der Waals surface area contributed by atoms with E-state index in [1.54, 1.807) is 11.2 Å². The highest BCUT2D eigenvalue weighted by molar-refractivity contribution is 5.77. The lowest BCUT2D eigenvalue weighted by atomic mass is 10.1. The van der Waals surface area contributed by atoms with Crippen molar-refractivity contribution in [1.82, 2.24) is 10.2 Å². The van der Waals surface area contributed by atoms with Gasteiger partial charge in [0.1, 0.15) is 5.76 Å². The highest BCUT2D eigenvalue weighted by Crippen LogP contribution is 2.05. The first kappa shape index (κ1) is 13.8. The number of carbonyl (C=O) groups excluding carboxylic acids is 1. The lowest BCUT2D eigenvalue weighted by Gasteiger charge is -2.17. The monoisotopic (exact) mass is 238 g/mol. The molecule has 4 heteroatoms. The minimum Gasteiger partial charge on any atom is -0.469 e. The van der Waals surface area contributed by atoms with E-state index in [0.717, 1.165) is 25.1 Å². The molecule has 1 aromatic rings. The Balaban J connectivity index is 2.17. The van der Waals surface area contributed by atoms with Gasteiger partial charge in [-0.3, -0.25) is 4.79 Å². The number of furan rings is 1. The lowest BCUT2D eigenvalue weighted by Crippen LogP contribution is -2.39. The summed E-state index contributed by atoms with van der Waals surface area (Å²) in [6.45, 7) is 5.21. The van der Waals surface area contributed by atoms with Crippen LogP contribution in [0.2, 0.25) is 0 Å². The predicted octanol–water partition coefficient (Wildman–Crippen LogP) is 1.67. The van der Waals surface area contributed by atoms with Gasteiger partial charge in [0.25, 0.3) is 0 Å². The van der Waals surface area contributed by atoms with Gasteiger partial charge in [-0.2, -0.15) is 0 Å². The van der Waals surface area contributed by atoms with E-state index in [2.05, 4.69) is 12.2 Å². The topological polar surface area (TPSA) is 45.5 Å². The number of hydrogen-bond donors (Lipinski definition) is 1. The van der Waals surface area contributed by atoms with Crippen LogP contribution in [0.4, 0.5) is 0 Å². The van der Waals surface area contributed by atoms with Gasteiger partial charge in [0.05, 0.1) is 12.8 Å². The van der Waals surface area contributed by atoms with Crippen LogP contribution in [0.25, 0.3) is 0 Å². The first-order chi connectivity index (χ1) is 8.13. The van der Waals surface area contributed by atoms with Crippen LogP contribution < -0.4 is 5.32 Å². The van der Waals surface area contributed by atoms with Crippen molar-refractivity contribution in [3.05, 3.63) is 24.2 Å². The van der Waals surface area contributed by atoms with Gasteiger partial charge in [-0.15, -0.1) is 0 Å². The van der Waals surface area contributed by atoms with Crippen LogP contribution in [-0.4, -0.2) is 37.0 Å². The Labute approximate surface area is 103 Å². The van der Waals surface area contributed by atoms with E-state index in [-0.39, 0.29) is 5.91 Å². The van der Waals surface area contributed by atoms with Gasteiger partial charge in [-0.1, -0.05) is 0 Å². The van der Waals surface area contributed by atoms with Crippen molar-refractivity contribution in [2.24, 2.45) is 0 Å². The van der Waals surface area contributed by atoms with Crippen molar-refractivity contribution >= 4 is 5.91 Å². The first-order valence-electron chi connectivity index (χ1n) is 6.13. The zero-order valence-electron chi connectivity index (χ0n) is 10.9. The summed E-state index contributed by atoms with van der Waals surface area (Å²) in [6, 6.07) is 4.19. The molecule has 0 aromatic carbocycles. The van der Waals surface area contributed by atoms with Gasteiger partial charge in [0.15, 0.2) is 0 Å². The van der Waals surface area contributed by atoms with Crippen LogP contribution >= 0.6 is 0 Å². The van der Waals surface area contributed by atoms with Crippen molar-refractivity contribution in [2.75, 3.05) is 20.1 Å². The van der Waals surface area contributed by atoms with Crippen molar-refractivity contribution in [1.29, 1.82) is 0 Å². The molecule has 1 amide bonds. The van der Waals surface area contributed by atoms with Crippen molar-refractivity contribution in [3.8, 4) is 0 Å². The Kier molecular flexibility index (Phi) is 5.77. The van der Waals surface area contributed by atoms with E-state index in [0.29, 0.717) is 12.6 Å². The summed E-state index contributed by atoms with van der Waals surface area (Å²) < 4.78 is 5.26. The molecule has 96 valence electrons. The third-order valence-electron chi connectivity index (χ3n) is 2.91. The minimum absolute atomic E-state index is 0.136. The molecule has 0 bridgehead atoms. The second-order valence-corrected chi connectivity index (χ2v) is 4.31. The molecule has 0 aliphatic carbocycles. The highest BCUT2D eigenvalue weighted by atomic mass is 16.3. The number of rotatable bonds is 7. The summed E-state index contributed by atoms with van der Waals surface area (Å²) in [5.74, 6) is 1.13. The van der Waals surface area contributed by atoms with Crippen LogP contribution in [-0.2, 0) is 11.2 Å². The SMILES string of the molecule is CCN(C)C(=O)CNC(C)CCc1ccco1. The van der Waals surface area contributed by atoms with Gasteiger partial charge in [0, 0.05) is 26.1 Å². The summed E-state index contributed by atoms with van der Waals surface area (Å²) >= 11 is 0. The normalized spacial score (nSPS) is 12.4. The van der Waals surface area contributed by atoms with Gasteiger partial charge < -0.3 is 14.6 Å². The van der Waals surface area contributed by atoms with Crippen LogP contribution in [0.15, 0.2) is 22.8 Å². The molecular formula is C13H22N2O2. The zero-order chi connectivity index (χ0) is 12.7. The number of nitrogens with zero attached hydrogens (tertiary/aromatic N) is 1. The second kappa shape index (κ2) is 7.12. The molecule has 1 atom stereocenters. The third-order valence-corrected chi connectivity index (χ3v) is 2.91. The van der Waals surface area contributed by atoms with E-state index in [1.165, 1.54) is 0 Å². The highest BCUT2D eigenvalue weighted by Gasteiger charge is 2.09. The molecule has 1 N–H and O–H groups in total. The maximum Gasteiger partial charge on any atom is 0.236 e. The Hall–Kier alpha value is -1.29. The molecule has 0 radical (unpaired) electrons. The molecule has 0 aliphatic rings. The minimum atomic E-state index is 0.136. The number of likely N-dealkylation sites (N-methyl/N-ethyl adjacent to an activating group) is 1. The van der Waals surface area contributed by atoms with Gasteiger partial charge >= 0.3 is 0 Å². The number of amides is 1. The van der Waals surface area contributed by atoms with E-state index in [9.17, 15) is 4.79 Å². The van der Waals surface area contributed by atoms with Crippen LogP contribution in [0, 0.1) is 0 Å². The first-order valence-corrected chi connectivity index (χ1v) is 6.13. The molecule has 0 spiro atoms. The molecule has 0 fully saturated rings. The second-order valence-electron chi connectivity index (χ2n) is 4.31. The largest absolute Gasteiger partial charge is 0.469 e. The predicted molar refractivity (Wildman–Crippen MR) is 67.8 cm³/mol. The Morgan fingerprint density at radius 3 is 2.94 bits per heavy atom. The summed E-state index contributed by atoms with van der Waals surface area (Å²) in [4.78, 5) is 13.3. The van der Waals surface area contributed by atoms with E-state index < -0.39 is 0 Å². The summed E-state index contributed by atoms with van der Waals surface area (Å²) in [6.07, 6.45) is 3.56. The van der Waals surface area contributed by atoms with Crippen LogP contribution in [0.1, 0.15) is 26.0 Å². The van der Waals surface area contributed by atoms with Crippen LogP contribution in [0.3, 0.4) is 0 Å². The molecule has 1 heterocycles. The molecule has 0 aliphatic heterocycles. The fourth-order valence-corrected chi connectivity index (χ4v) is 1.49. The van der Waals surface area contributed by atoms with E-state index in [1.807, 2.05) is 26.1 Å². The average molecular weight is 238 g/mol. The van der Waals surface area contributed by atoms with Crippen molar-refractivity contribution in [2.45, 2.75) is 32.7 Å². The molecule has 1 rings (SSSR count). The Morgan fingerprint density at radius 2 is 2.35 bits per heavy atom. The summed E-state index contributed by atoms with van der Waals surface area (Å²) in [7, 11) is 1.82. The van der Waals surface area contributed by atoms with Gasteiger partial charge in [-0.25, -0.2) is 0 Å². The van der Waals surface area contributed by atoms with Gasteiger partial charge in [0.2, 0.25) is 5.91 Å². The lowest BCUT2D eigenvalue weighted by molar-refractivity contribution is -0.128. The molecule has 4 nitrogen and oxygen atoms in total. The van der Waals surface area contributed by atoms with Crippen molar-refractivity contribution < 1.29 is 9.21 Å². The molecular weight excluding hydrogens is 216 g/mol. The Morgan fingerprint density at radius 1 is 1.59 bits per heavy atom. The zero-order valence-corrected chi connectivity index (χ0v) is 10.9. The maximum atomic E-state index is 11.6. The van der Waals surface area contributed by atoms with E-state index in [4.69, 9.17) is 4.42 Å². The number of carbonyl (C=O) groups is 1. The number of nitrogens with one attached hydrogen (secondary N) is 1. The molecule has 0 saturated heterocycles. The third kappa shape index (κ3) is 5.04. The fourth-order valence-electron chi connectivity index (χ4n) is 1.49. The average Bonchev–Trinajstić information content (AvgIpc) is 2.85.